The maximum absolute atomic E-state index is 12.3. The van der Waals surface area contributed by atoms with E-state index in [4.69, 9.17) is 0 Å². The Balaban J connectivity index is 1.72. The van der Waals surface area contributed by atoms with Crippen molar-refractivity contribution in [1.82, 2.24) is 15.5 Å². The number of nitrogens with zero attached hydrogens (tertiary/aromatic N) is 1. The van der Waals surface area contributed by atoms with Gasteiger partial charge >= 0.3 is 6.03 Å². The van der Waals surface area contributed by atoms with E-state index < -0.39 is 0 Å². The molecule has 0 spiro atoms. The summed E-state index contributed by atoms with van der Waals surface area (Å²) in [6.45, 7) is 5.45. The second kappa shape index (κ2) is 6.95. The number of likely N-dealkylation sites (tertiary alicyclic amines) is 1. The average molecular weight is 281 g/mol. The van der Waals surface area contributed by atoms with Crippen molar-refractivity contribution < 1.29 is 9.59 Å². The molecule has 20 heavy (non-hydrogen) atoms. The summed E-state index contributed by atoms with van der Waals surface area (Å²) in [6, 6.07) is 0.251. The molecule has 5 nitrogen and oxygen atoms in total. The Bertz CT molecular complexity index is 343. The van der Waals surface area contributed by atoms with E-state index in [0.717, 1.165) is 38.8 Å². The highest BCUT2D eigenvalue weighted by atomic mass is 16.2. The molecule has 0 bridgehead atoms. The first-order valence-corrected chi connectivity index (χ1v) is 7.92. The Hall–Kier alpha value is -1.26. The van der Waals surface area contributed by atoms with Gasteiger partial charge in [0, 0.05) is 31.1 Å². The summed E-state index contributed by atoms with van der Waals surface area (Å²) in [6.07, 6.45) is 6.25. The van der Waals surface area contributed by atoms with Crippen LogP contribution in [0, 0.1) is 5.92 Å². The van der Waals surface area contributed by atoms with E-state index in [9.17, 15) is 9.59 Å². The van der Waals surface area contributed by atoms with Crippen LogP contribution in [-0.4, -0.2) is 42.0 Å². The Kier molecular flexibility index (Phi) is 5.26. The highest BCUT2D eigenvalue weighted by molar-refractivity contribution is 5.79. The van der Waals surface area contributed by atoms with Crippen LogP contribution in [0.3, 0.4) is 0 Å². The summed E-state index contributed by atoms with van der Waals surface area (Å²) in [5.41, 5.74) is 0. The summed E-state index contributed by atoms with van der Waals surface area (Å²) >= 11 is 0. The van der Waals surface area contributed by atoms with E-state index in [1.165, 1.54) is 12.8 Å². The fraction of sp³-hybridized carbons (Fsp3) is 0.867. The predicted octanol–water partition coefficient (Wildman–Crippen LogP) is 1.88. The van der Waals surface area contributed by atoms with Crippen LogP contribution < -0.4 is 10.6 Å². The van der Waals surface area contributed by atoms with Crippen molar-refractivity contribution in [1.29, 1.82) is 0 Å². The normalized spacial score (nSPS) is 21.2. The Morgan fingerprint density at radius 2 is 1.65 bits per heavy atom. The molecule has 114 valence electrons. The summed E-state index contributed by atoms with van der Waals surface area (Å²) in [5, 5.41) is 5.83. The maximum Gasteiger partial charge on any atom is 0.315 e. The number of hydrogen-bond acceptors (Lipinski definition) is 2. The number of piperidine rings is 1. The van der Waals surface area contributed by atoms with E-state index in [0.29, 0.717) is 5.91 Å². The second-order valence-corrected chi connectivity index (χ2v) is 6.35. The molecule has 1 saturated heterocycles. The molecule has 2 N–H and O–H groups in total. The van der Waals surface area contributed by atoms with E-state index in [-0.39, 0.29) is 24.0 Å². The lowest BCUT2D eigenvalue weighted by Crippen LogP contribution is -2.50. The van der Waals surface area contributed by atoms with Crippen molar-refractivity contribution in [3.8, 4) is 0 Å². The summed E-state index contributed by atoms with van der Waals surface area (Å²) in [4.78, 5) is 25.9. The zero-order chi connectivity index (χ0) is 14.5. The topological polar surface area (TPSA) is 61.4 Å². The van der Waals surface area contributed by atoms with Crippen molar-refractivity contribution in [2.24, 2.45) is 5.92 Å². The number of hydrogen-bond donors (Lipinski definition) is 2. The van der Waals surface area contributed by atoms with Gasteiger partial charge in [0.15, 0.2) is 0 Å². The van der Waals surface area contributed by atoms with Crippen LogP contribution in [-0.2, 0) is 4.79 Å². The van der Waals surface area contributed by atoms with Gasteiger partial charge in [0.2, 0.25) is 5.91 Å². The van der Waals surface area contributed by atoms with Crippen molar-refractivity contribution in [2.45, 2.75) is 64.5 Å². The molecule has 0 aromatic heterocycles. The van der Waals surface area contributed by atoms with Crippen LogP contribution in [0.4, 0.5) is 4.79 Å². The van der Waals surface area contributed by atoms with Gasteiger partial charge in [-0.3, -0.25) is 4.79 Å². The first kappa shape index (κ1) is 15.1. The van der Waals surface area contributed by atoms with Crippen molar-refractivity contribution >= 4 is 11.9 Å². The van der Waals surface area contributed by atoms with Gasteiger partial charge in [-0.25, -0.2) is 4.79 Å². The molecule has 0 aromatic rings. The minimum Gasteiger partial charge on any atom is -0.342 e. The van der Waals surface area contributed by atoms with E-state index in [2.05, 4.69) is 10.6 Å². The molecular formula is C15H27N3O2. The Morgan fingerprint density at radius 3 is 2.20 bits per heavy atom. The third-order valence-corrected chi connectivity index (χ3v) is 4.27. The number of carbonyl (C=O) groups excluding carboxylic acids is 2. The SMILES string of the molecule is CC(C)NC(=O)NC1CCN(C(=O)C2CCCC2)CC1. The molecular weight excluding hydrogens is 254 g/mol. The number of nitrogens with one attached hydrogen (secondary N) is 2. The molecule has 0 radical (unpaired) electrons. The highest BCUT2D eigenvalue weighted by Gasteiger charge is 2.30. The number of urea groups is 1. The summed E-state index contributed by atoms with van der Waals surface area (Å²) < 4.78 is 0. The van der Waals surface area contributed by atoms with Gasteiger partial charge in [0.1, 0.15) is 0 Å². The lowest BCUT2D eigenvalue weighted by Gasteiger charge is -2.34. The predicted molar refractivity (Wildman–Crippen MR) is 78.4 cm³/mol. The maximum atomic E-state index is 12.3. The number of carbonyl (C=O) groups is 2. The Labute approximate surface area is 121 Å². The second-order valence-electron chi connectivity index (χ2n) is 6.35. The van der Waals surface area contributed by atoms with Crippen LogP contribution in [0.25, 0.3) is 0 Å². The molecule has 5 heteroatoms. The number of amides is 3. The zero-order valence-electron chi connectivity index (χ0n) is 12.7. The fourth-order valence-corrected chi connectivity index (χ4v) is 3.16. The summed E-state index contributed by atoms with van der Waals surface area (Å²) in [5.74, 6) is 0.608. The van der Waals surface area contributed by atoms with Gasteiger partial charge in [-0.05, 0) is 39.5 Å². The van der Waals surface area contributed by atoms with E-state index in [1.54, 1.807) is 0 Å². The minimum atomic E-state index is -0.0967. The molecule has 2 aliphatic rings. The molecule has 2 rings (SSSR count). The molecule has 1 heterocycles. The third kappa shape index (κ3) is 4.12. The van der Waals surface area contributed by atoms with Gasteiger partial charge in [0.05, 0.1) is 0 Å². The van der Waals surface area contributed by atoms with Crippen molar-refractivity contribution in [3.63, 3.8) is 0 Å². The molecule has 1 aliphatic heterocycles. The van der Waals surface area contributed by atoms with E-state index >= 15 is 0 Å². The van der Waals surface area contributed by atoms with E-state index in [1.807, 2.05) is 18.7 Å². The lowest BCUT2D eigenvalue weighted by atomic mass is 10.0. The summed E-state index contributed by atoms with van der Waals surface area (Å²) in [7, 11) is 0. The first-order valence-electron chi connectivity index (χ1n) is 7.92. The smallest absolute Gasteiger partial charge is 0.315 e. The van der Waals surface area contributed by atoms with Crippen LogP contribution in [0.2, 0.25) is 0 Å². The Morgan fingerprint density at radius 1 is 1.05 bits per heavy atom. The van der Waals surface area contributed by atoms with Crippen LogP contribution >= 0.6 is 0 Å². The molecule has 0 unspecified atom stereocenters. The van der Waals surface area contributed by atoms with Crippen LogP contribution in [0.15, 0.2) is 0 Å². The quantitative estimate of drug-likeness (QED) is 0.829. The van der Waals surface area contributed by atoms with Gasteiger partial charge < -0.3 is 15.5 Å². The zero-order valence-corrected chi connectivity index (χ0v) is 12.7. The lowest BCUT2D eigenvalue weighted by molar-refractivity contribution is -0.136. The van der Waals surface area contributed by atoms with Gasteiger partial charge in [-0.15, -0.1) is 0 Å². The van der Waals surface area contributed by atoms with Gasteiger partial charge in [0.25, 0.3) is 0 Å². The standard InChI is InChI=1S/C15H27N3O2/c1-11(2)16-15(20)17-13-7-9-18(10-8-13)14(19)12-5-3-4-6-12/h11-13H,3-10H2,1-2H3,(H2,16,17,20). The molecule has 2 fully saturated rings. The molecule has 0 aromatic carbocycles. The monoisotopic (exact) mass is 281 g/mol. The minimum absolute atomic E-state index is 0.0967. The van der Waals surface area contributed by atoms with Gasteiger partial charge in [-0.2, -0.15) is 0 Å². The molecule has 1 aliphatic carbocycles. The number of rotatable bonds is 3. The average Bonchev–Trinajstić information content (AvgIpc) is 2.91. The third-order valence-electron chi connectivity index (χ3n) is 4.27. The fourth-order valence-electron chi connectivity index (χ4n) is 3.16. The van der Waals surface area contributed by atoms with Crippen LogP contribution in [0.5, 0.6) is 0 Å². The highest BCUT2D eigenvalue weighted by Crippen LogP contribution is 2.27. The molecule has 3 amide bonds. The van der Waals surface area contributed by atoms with Crippen LogP contribution in [0.1, 0.15) is 52.4 Å². The first-order chi connectivity index (χ1) is 9.56. The van der Waals surface area contributed by atoms with Gasteiger partial charge in [-0.1, -0.05) is 12.8 Å². The molecule has 0 atom stereocenters. The van der Waals surface area contributed by atoms with Crippen molar-refractivity contribution in [3.05, 3.63) is 0 Å². The van der Waals surface area contributed by atoms with Crippen molar-refractivity contribution in [2.75, 3.05) is 13.1 Å². The largest absolute Gasteiger partial charge is 0.342 e. The molecule has 1 saturated carbocycles.